The molecule has 0 aliphatic carbocycles. The van der Waals surface area contributed by atoms with E-state index in [4.69, 9.17) is 5.73 Å². The molecule has 0 amide bonds. The number of aryl methyl sites for hydroxylation is 1. The lowest BCUT2D eigenvalue weighted by Crippen LogP contribution is -2.43. The molecule has 5 heteroatoms. The Morgan fingerprint density at radius 3 is 2.80 bits per heavy atom. The first-order valence-corrected chi connectivity index (χ1v) is 7.40. The molecular weight excluding hydrogens is 252 g/mol. The van der Waals surface area contributed by atoms with Gasteiger partial charge in [0.05, 0.1) is 6.10 Å². The number of nitrogens with zero attached hydrogens (tertiary/aromatic N) is 3. The Balaban J connectivity index is 1.86. The van der Waals surface area contributed by atoms with E-state index in [1.807, 2.05) is 6.20 Å². The predicted octanol–water partition coefficient (Wildman–Crippen LogP) is 0.0812. The van der Waals surface area contributed by atoms with Crippen LogP contribution in [0.15, 0.2) is 18.3 Å². The van der Waals surface area contributed by atoms with Crippen LogP contribution >= 0.6 is 0 Å². The summed E-state index contributed by atoms with van der Waals surface area (Å²) in [5.74, 6) is 0. The number of aliphatic hydroxyl groups excluding tert-OH is 1. The van der Waals surface area contributed by atoms with E-state index in [1.54, 1.807) is 0 Å². The Kier molecular flexibility index (Phi) is 5.91. The molecule has 0 radical (unpaired) electrons. The van der Waals surface area contributed by atoms with Crippen LogP contribution in [0.25, 0.3) is 0 Å². The third kappa shape index (κ3) is 4.83. The molecule has 3 N–H and O–H groups in total. The number of nitrogens with two attached hydrogens (primary N) is 1. The topological polar surface area (TPSA) is 65.6 Å². The van der Waals surface area contributed by atoms with Crippen molar-refractivity contribution in [3.8, 4) is 0 Å². The summed E-state index contributed by atoms with van der Waals surface area (Å²) in [4.78, 5) is 9.22. The summed E-state index contributed by atoms with van der Waals surface area (Å²) in [6, 6.07) is 4.24. The molecule has 1 unspecified atom stereocenters. The molecule has 0 bridgehead atoms. The van der Waals surface area contributed by atoms with E-state index in [-0.39, 0.29) is 0 Å². The van der Waals surface area contributed by atoms with Crippen LogP contribution in [0, 0.1) is 0 Å². The van der Waals surface area contributed by atoms with Gasteiger partial charge in [-0.1, -0.05) is 0 Å². The smallest absolute Gasteiger partial charge is 0.0666 e. The molecule has 1 atom stereocenters. The van der Waals surface area contributed by atoms with Gasteiger partial charge in [0.2, 0.25) is 0 Å². The average molecular weight is 278 g/mol. The van der Waals surface area contributed by atoms with Gasteiger partial charge in [-0.15, -0.1) is 0 Å². The van der Waals surface area contributed by atoms with Crippen LogP contribution in [-0.4, -0.2) is 65.8 Å². The summed E-state index contributed by atoms with van der Waals surface area (Å²) in [7, 11) is 2.17. The first kappa shape index (κ1) is 15.4. The molecule has 2 heterocycles. The van der Waals surface area contributed by atoms with Gasteiger partial charge < -0.3 is 15.7 Å². The summed E-state index contributed by atoms with van der Waals surface area (Å²) < 4.78 is 0. The maximum atomic E-state index is 9.51. The van der Waals surface area contributed by atoms with Crippen LogP contribution in [0.5, 0.6) is 0 Å². The monoisotopic (exact) mass is 278 g/mol. The second kappa shape index (κ2) is 7.69. The van der Waals surface area contributed by atoms with E-state index < -0.39 is 6.10 Å². The normalized spacial score (nSPS) is 19.1. The first-order valence-electron chi connectivity index (χ1n) is 7.40. The molecule has 1 aromatic rings. The van der Waals surface area contributed by atoms with E-state index in [0.717, 1.165) is 44.8 Å². The van der Waals surface area contributed by atoms with Gasteiger partial charge in [-0.2, -0.15) is 0 Å². The van der Waals surface area contributed by atoms with Crippen molar-refractivity contribution in [1.82, 2.24) is 14.8 Å². The maximum absolute atomic E-state index is 9.51. The van der Waals surface area contributed by atoms with E-state index >= 15 is 0 Å². The number of hydrogen-bond donors (Lipinski definition) is 2. The second-order valence-corrected chi connectivity index (χ2v) is 5.66. The highest BCUT2D eigenvalue weighted by Gasteiger charge is 2.14. The third-order valence-corrected chi connectivity index (χ3v) is 3.89. The number of rotatable bonds is 6. The molecular formula is C15H26N4O. The first-order chi connectivity index (χ1) is 9.67. The van der Waals surface area contributed by atoms with Crippen molar-refractivity contribution in [3.63, 3.8) is 0 Å². The molecule has 5 nitrogen and oxygen atoms in total. The average Bonchev–Trinajstić information content (AvgIpc) is 2.47. The van der Waals surface area contributed by atoms with E-state index in [0.29, 0.717) is 13.0 Å². The minimum atomic E-state index is -0.418. The van der Waals surface area contributed by atoms with Crippen molar-refractivity contribution in [3.05, 3.63) is 29.6 Å². The van der Waals surface area contributed by atoms with Crippen molar-refractivity contribution in [2.45, 2.75) is 25.5 Å². The van der Waals surface area contributed by atoms with Crippen LogP contribution in [0.2, 0.25) is 0 Å². The second-order valence-electron chi connectivity index (χ2n) is 5.66. The van der Waals surface area contributed by atoms with Crippen molar-refractivity contribution in [1.29, 1.82) is 0 Å². The SMILES string of the molecule is CN1CCN(Cc2ccnc(CCC(O)CN)c2)CC1. The molecule has 0 spiro atoms. The maximum Gasteiger partial charge on any atom is 0.0666 e. The molecule has 112 valence electrons. The number of hydrogen-bond acceptors (Lipinski definition) is 5. The minimum Gasteiger partial charge on any atom is -0.392 e. The Morgan fingerprint density at radius 2 is 2.10 bits per heavy atom. The van der Waals surface area contributed by atoms with E-state index in [1.165, 1.54) is 5.56 Å². The zero-order chi connectivity index (χ0) is 14.4. The van der Waals surface area contributed by atoms with Gasteiger partial charge in [0.25, 0.3) is 0 Å². The van der Waals surface area contributed by atoms with Crippen LogP contribution in [-0.2, 0) is 13.0 Å². The molecule has 1 aromatic heterocycles. The fourth-order valence-electron chi connectivity index (χ4n) is 2.46. The minimum absolute atomic E-state index is 0.320. The molecule has 1 saturated heterocycles. The quantitative estimate of drug-likeness (QED) is 0.771. The van der Waals surface area contributed by atoms with Gasteiger partial charge in [-0.25, -0.2) is 0 Å². The van der Waals surface area contributed by atoms with Gasteiger partial charge in [-0.3, -0.25) is 9.88 Å². The van der Waals surface area contributed by atoms with Crippen molar-refractivity contribution in [2.24, 2.45) is 5.73 Å². The molecule has 2 rings (SSSR count). The fraction of sp³-hybridized carbons (Fsp3) is 0.667. The standard InChI is InChI=1S/C15H26N4O/c1-18-6-8-19(9-7-18)12-13-4-5-17-14(10-13)2-3-15(20)11-16/h4-5,10,15,20H,2-3,6-9,11-12,16H2,1H3. The summed E-state index contributed by atoms with van der Waals surface area (Å²) >= 11 is 0. The summed E-state index contributed by atoms with van der Waals surface area (Å²) in [5.41, 5.74) is 7.77. The van der Waals surface area contributed by atoms with Crippen LogP contribution in [0.3, 0.4) is 0 Å². The lowest BCUT2D eigenvalue weighted by molar-refractivity contribution is 0.148. The molecule has 0 saturated carbocycles. The Morgan fingerprint density at radius 1 is 1.35 bits per heavy atom. The fourth-order valence-corrected chi connectivity index (χ4v) is 2.46. The Labute approximate surface area is 121 Å². The highest BCUT2D eigenvalue weighted by Crippen LogP contribution is 2.10. The number of aromatic nitrogens is 1. The zero-order valence-electron chi connectivity index (χ0n) is 12.3. The Hall–Kier alpha value is -1.01. The molecule has 0 aromatic carbocycles. The van der Waals surface area contributed by atoms with Gasteiger partial charge in [0, 0.05) is 51.2 Å². The summed E-state index contributed by atoms with van der Waals surface area (Å²) in [6.07, 6.45) is 2.92. The lowest BCUT2D eigenvalue weighted by atomic mass is 10.1. The zero-order valence-corrected chi connectivity index (χ0v) is 12.3. The van der Waals surface area contributed by atoms with Crippen molar-refractivity contribution < 1.29 is 5.11 Å². The number of likely N-dealkylation sites (N-methyl/N-ethyl adjacent to an activating group) is 1. The lowest BCUT2D eigenvalue weighted by Gasteiger charge is -2.32. The largest absolute Gasteiger partial charge is 0.392 e. The van der Waals surface area contributed by atoms with Crippen LogP contribution in [0.1, 0.15) is 17.7 Å². The van der Waals surface area contributed by atoms with Gasteiger partial charge in [-0.05, 0) is 37.6 Å². The molecule has 1 fully saturated rings. The van der Waals surface area contributed by atoms with Gasteiger partial charge in [0.1, 0.15) is 0 Å². The van der Waals surface area contributed by atoms with Crippen LogP contribution < -0.4 is 5.73 Å². The van der Waals surface area contributed by atoms with Crippen molar-refractivity contribution >= 4 is 0 Å². The van der Waals surface area contributed by atoms with Gasteiger partial charge in [0.15, 0.2) is 0 Å². The number of pyridine rings is 1. The summed E-state index contributed by atoms with van der Waals surface area (Å²) in [6.45, 7) is 5.84. The van der Waals surface area contributed by atoms with E-state index in [9.17, 15) is 5.11 Å². The highest BCUT2D eigenvalue weighted by atomic mass is 16.3. The van der Waals surface area contributed by atoms with Crippen molar-refractivity contribution in [2.75, 3.05) is 39.8 Å². The van der Waals surface area contributed by atoms with Gasteiger partial charge >= 0.3 is 0 Å². The third-order valence-electron chi connectivity index (χ3n) is 3.89. The molecule has 1 aliphatic heterocycles. The molecule has 20 heavy (non-hydrogen) atoms. The number of piperazine rings is 1. The Bertz CT molecular complexity index is 405. The van der Waals surface area contributed by atoms with Crippen LogP contribution in [0.4, 0.5) is 0 Å². The number of aliphatic hydroxyl groups is 1. The highest BCUT2D eigenvalue weighted by molar-refractivity contribution is 5.16. The molecule has 1 aliphatic rings. The summed E-state index contributed by atoms with van der Waals surface area (Å²) in [5, 5.41) is 9.51. The van der Waals surface area contributed by atoms with E-state index in [2.05, 4.69) is 34.0 Å². The predicted molar refractivity (Wildman–Crippen MR) is 80.4 cm³/mol.